The Morgan fingerprint density at radius 3 is 2.18 bits per heavy atom. The third kappa shape index (κ3) is 4.59. The van der Waals surface area contributed by atoms with Crippen LogP contribution in [0.15, 0.2) is 65.6 Å². The fraction of sp³-hybridized carbons (Fsp3) is 0.235. The molecular formula is C17H20N2O2S. The smallest absolute Gasteiger partial charge is 0.334 e. The number of carboxylic acids is 1. The summed E-state index contributed by atoms with van der Waals surface area (Å²) in [7, 11) is 0. The van der Waals surface area contributed by atoms with Crippen molar-refractivity contribution < 1.29 is 9.90 Å². The van der Waals surface area contributed by atoms with E-state index >= 15 is 0 Å². The van der Waals surface area contributed by atoms with Gasteiger partial charge in [0.05, 0.1) is 0 Å². The highest BCUT2D eigenvalue weighted by Gasteiger charge is 2.37. The fourth-order valence-electron chi connectivity index (χ4n) is 2.25. The molecule has 2 aromatic rings. The van der Waals surface area contributed by atoms with E-state index in [2.05, 4.69) is 0 Å². The van der Waals surface area contributed by atoms with Gasteiger partial charge in [-0.2, -0.15) is 0 Å². The van der Waals surface area contributed by atoms with Crippen LogP contribution in [0, 0.1) is 0 Å². The lowest BCUT2D eigenvalue weighted by Crippen LogP contribution is -2.49. The predicted molar refractivity (Wildman–Crippen MR) is 89.6 cm³/mol. The van der Waals surface area contributed by atoms with Crippen LogP contribution >= 0.6 is 11.8 Å². The lowest BCUT2D eigenvalue weighted by atomic mass is 10.0. The lowest BCUT2D eigenvalue weighted by molar-refractivity contribution is -0.140. The van der Waals surface area contributed by atoms with E-state index in [0.29, 0.717) is 6.42 Å². The topological polar surface area (TPSA) is 89.3 Å². The molecule has 0 heterocycles. The van der Waals surface area contributed by atoms with E-state index in [1.165, 1.54) is 0 Å². The van der Waals surface area contributed by atoms with Gasteiger partial charge in [0, 0.05) is 17.4 Å². The minimum absolute atomic E-state index is 0.191. The first-order valence-corrected chi connectivity index (χ1v) is 7.87. The summed E-state index contributed by atoms with van der Waals surface area (Å²) < 4.78 is 0. The molecule has 1 unspecified atom stereocenters. The number of rotatable bonds is 7. The summed E-state index contributed by atoms with van der Waals surface area (Å²) >= 11 is 1.14. The molecule has 2 aromatic carbocycles. The molecule has 2 atom stereocenters. The quantitative estimate of drug-likeness (QED) is 0.539. The zero-order chi connectivity index (χ0) is 16.0. The van der Waals surface area contributed by atoms with Crippen molar-refractivity contribution in [2.75, 3.05) is 0 Å². The van der Waals surface area contributed by atoms with E-state index in [9.17, 15) is 9.90 Å². The van der Waals surface area contributed by atoms with Gasteiger partial charge >= 0.3 is 5.97 Å². The molecule has 0 aliphatic heterocycles. The lowest BCUT2D eigenvalue weighted by Gasteiger charge is -2.27. The van der Waals surface area contributed by atoms with Gasteiger partial charge in [0.2, 0.25) is 0 Å². The van der Waals surface area contributed by atoms with Gasteiger partial charge in [-0.1, -0.05) is 60.3 Å². The molecule has 0 fully saturated rings. The highest BCUT2D eigenvalue weighted by atomic mass is 32.2. The third-order valence-corrected chi connectivity index (χ3v) is 4.52. The number of benzene rings is 2. The summed E-state index contributed by atoms with van der Waals surface area (Å²) in [5.41, 5.74) is 13.3. The van der Waals surface area contributed by atoms with E-state index in [1.807, 2.05) is 60.7 Å². The van der Waals surface area contributed by atoms with Crippen LogP contribution in [0.3, 0.4) is 0 Å². The van der Waals surface area contributed by atoms with Crippen molar-refractivity contribution in [1.29, 1.82) is 0 Å². The van der Waals surface area contributed by atoms with Crippen LogP contribution in [0.4, 0.5) is 0 Å². The summed E-state index contributed by atoms with van der Waals surface area (Å²) in [6, 6.07) is 18.7. The van der Waals surface area contributed by atoms with Crippen LogP contribution in [-0.2, 0) is 11.2 Å². The molecule has 4 nitrogen and oxygen atoms in total. The van der Waals surface area contributed by atoms with Gasteiger partial charge < -0.3 is 16.6 Å². The molecule has 0 aliphatic carbocycles. The number of hydrogen-bond donors (Lipinski definition) is 3. The SMILES string of the molecule is N[C@H](Cc1ccccc1)CC(N)(Sc1ccccc1)C(=O)O. The number of hydrogen-bond acceptors (Lipinski definition) is 4. The van der Waals surface area contributed by atoms with E-state index < -0.39 is 10.8 Å². The standard InChI is InChI=1S/C17H20N2O2S/c18-14(11-13-7-3-1-4-8-13)12-17(19,16(20)21)22-15-9-5-2-6-10-15/h1-10,14H,11-12,18-19H2,(H,20,21)/t14-,17?/m1/s1. The van der Waals surface area contributed by atoms with E-state index in [4.69, 9.17) is 11.5 Å². The van der Waals surface area contributed by atoms with Gasteiger partial charge in [0.1, 0.15) is 0 Å². The second-order valence-electron chi connectivity index (χ2n) is 5.26. The Morgan fingerprint density at radius 1 is 1.09 bits per heavy atom. The first-order valence-electron chi connectivity index (χ1n) is 7.05. The average molecular weight is 316 g/mol. The van der Waals surface area contributed by atoms with Crippen molar-refractivity contribution in [1.82, 2.24) is 0 Å². The normalized spacial score (nSPS) is 15.0. The molecule has 0 spiro atoms. The number of nitrogens with two attached hydrogens (primary N) is 2. The Hall–Kier alpha value is -1.82. The van der Waals surface area contributed by atoms with Crippen molar-refractivity contribution in [2.45, 2.75) is 28.6 Å². The zero-order valence-electron chi connectivity index (χ0n) is 12.2. The molecule has 0 saturated heterocycles. The van der Waals surface area contributed by atoms with Gasteiger partial charge in [-0.25, -0.2) is 4.79 Å². The average Bonchev–Trinajstić information content (AvgIpc) is 2.48. The third-order valence-electron chi connectivity index (χ3n) is 3.31. The molecule has 0 amide bonds. The number of thioether (sulfide) groups is 1. The number of carboxylic acid groups (broad SMARTS) is 1. The minimum Gasteiger partial charge on any atom is -0.479 e. The van der Waals surface area contributed by atoms with E-state index in [1.54, 1.807) is 0 Å². The summed E-state index contributed by atoms with van der Waals surface area (Å²) in [5, 5.41) is 9.51. The van der Waals surface area contributed by atoms with Crippen LogP contribution in [0.2, 0.25) is 0 Å². The highest BCUT2D eigenvalue weighted by Crippen LogP contribution is 2.32. The molecule has 0 aliphatic rings. The molecule has 22 heavy (non-hydrogen) atoms. The van der Waals surface area contributed by atoms with Crippen LogP contribution in [-0.4, -0.2) is 22.0 Å². The van der Waals surface area contributed by atoms with Gasteiger partial charge in [0.25, 0.3) is 0 Å². The van der Waals surface area contributed by atoms with Crippen LogP contribution < -0.4 is 11.5 Å². The summed E-state index contributed by atoms with van der Waals surface area (Å²) in [4.78, 5) is 11.0. The second kappa shape index (κ2) is 7.45. The molecule has 0 saturated carbocycles. The van der Waals surface area contributed by atoms with E-state index in [-0.39, 0.29) is 12.5 Å². The van der Waals surface area contributed by atoms with Crippen molar-refractivity contribution in [2.24, 2.45) is 11.5 Å². The molecule has 5 heteroatoms. The van der Waals surface area contributed by atoms with Crippen LogP contribution in [0.1, 0.15) is 12.0 Å². The van der Waals surface area contributed by atoms with Gasteiger partial charge in [-0.3, -0.25) is 0 Å². The first kappa shape index (κ1) is 16.5. The van der Waals surface area contributed by atoms with Crippen molar-refractivity contribution in [3.8, 4) is 0 Å². The predicted octanol–water partition coefficient (Wildman–Crippen LogP) is 2.48. The number of carbonyl (C=O) groups is 1. The Balaban J connectivity index is 2.06. The van der Waals surface area contributed by atoms with E-state index in [0.717, 1.165) is 22.2 Å². The Kier molecular flexibility index (Phi) is 5.60. The molecule has 5 N–H and O–H groups in total. The van der Waals surface area contributed by atoms with Gasteiger partial charge in [-0.05, 0) is 24.1 Å². The molecule has 0 aromatic heterocycles. The molecule has 2 rings (SSSR count). The van der Waals surface area contributed by atoms with Gasteiger partial charge in [0.15, 0.2) is 4.87 Å². The van der Waals surface area contributed by atoms with Crippen molar-refractivity contribution in [3.05, 3.63) is 66.2 Å². The molecule has 116 valence electrons. The van der Waals surface area contributed by atoms with Crippen molar-refractivity contribution >= 4 is 17.7 Å². The highest BCUT2D eigenvalue weighted by molar-refractivity contribution is 8.01. The largest absolute Gasteiger partial charge is 0.479 e. The Morgan fingerprint density at radius 2 is 1.64 bits per heavy atom. The van der Waals surface area contributed by atoms with Gasteiger partial charge in [-0.15, -0.1) is 0 Å². The molecular weight excluding hydrogens is 296 g/mol. The fourth-order valence-corrected chi connectivity index (χ4v) is 3.35. The summed E-state index contributed by atoms with van der Waals surface area (Å²) in [5.74, 6) is -1.05. The molecule has 0 bridgehead atoms. The van der Waals surface area contributed by atoms with Crippen LogP contribution in [0.25, 0.3) is 0 Å². The zero-order valence-corrected chi connectivity index (χ0v) is 13.0. The maximum absolute atomic E-state index is 11.6. The number of aliphatic carboxylic acids is 1. The Labute approximate surface area is 134 Å². The maximum Gasteiger partial charge on any atom is 0.334 e. The second-order valence-corrected chi connectivity index (χ2v) is 6.67. The Bertz CT molecular complexity index is 607. The minimum atomic E-state index is -1.43. The molecule has 0 radical (unpaired) electrons. The monoisotopic (exact) mass is 316 g/mol. The summed E-state index contributed by atoms with van der Waals surface area (Å²) in [6.45, 7) is 0. The summed E-state index contributed by atoms with van der Waals surface area (Å²) in [6.07, 6.45) is 0.791. The maximum atomic E-state index is 11.6. The first-order chi connectivity index (χ1) is 10.5. The van der Waals surface area contributed by atoms with Crippen LogP contribution in [0.5, 0.6) is 0 Å². The van der Waals surface area contributed by atoms with Crippen molar-refractivity contribution in [3.63, 3.8) is 0 Å².